The molecule has 0 bridgehead atoms. The zero-order valence-electron chi connectivity index (χ0n) is 13.1. The van der Waals surface area contributed by atoms with Crippen LogP contribution >= 0.6 is 0 Å². The van der Waals surface area contributed by atoms with E-state index in [1.165, 1.54) is 18.4 Å². The molecule has 0 saturated carbocycles. The summed E-state index contributed by atoms with van der Waals surface area (Å²) in [5.41, 5.74) is 1.72. The molecule has 1 aromatic carbocycles. The summed E-state index contributed by atoms with van der Waals surface area (Å²) >= 11 is 0. The molecule has 1 unspecified atom stereocenters. The van der Waals surface area contributed by atoms with Crippen LogP contribution in [0.3, 0.4) is 0 Å². The Morgan fingerprint density at radius 2 is 1.63 bits per heavy atom. The molecule has 0 amide bonds. The number of benzene rings is 1. The summed E-state index contributed by atoms with van der Waals surface area (Å²) in [6.45, 7) is 12.2. The maximum atomic E-state index is 9.36. The van der Waals surface area contributed by atoms with Gasteiger partial charge in [0.05, 0.1) is 0 Å². The Morgan fingerprint density at radius 1 is 1.05 bits per heavy atom. The second-order valence-corrected chi connectivity index (χ2v) is 7.01. The first kappa shape index (κ1) is 16.0. The summed E-state index contributed by atoms with van der Waals surface area (Å²) in [7, 11) is 0. The van der Waals surface area contributed by atoms with Crippen molar-refractivity contribution < 1.29 is 5.11 Å². The molecule has 0 aliphatic rings. The number of nitrogens with one attached hydrogen (secondary N) is 1. The van der Waals surface area contributed by atoms with Gasteiger partial charge in [0.1, 0.15) is 5.75 Å². The predicted molar refractivity (Wildman–Crippen MR) is 82.6 cm³/mol. The largest absolute Gasteiger partial charge is 0.508 e. The van der Waals surface area contributed by atoms with Crippen molar-refractivity contribution in [2.45, 2.75) is 59.4 Å². The van der Waals surface area contributed by atoms with Crippen molar-refractivity contribution in [3.63, 3.8) is 0 Å². The first-order valence-corrected chi connectivity index (χ1v) is 7.27. The van der Waals surface area contributed by atoms with Gasteiger partial charge in [0, 0.05) is 12.1 Å². The average Bonchev–Trinajstić information content (AvgIpc) is 2.30. The Bertz CT molecular complexity index is 377. The molecule has 0 radical (unpaired) electrons. The number of phenolic OH excluding ortho intramolecular Hbond substituents is 1. The van der Waals surface area contributed by atoms with Crippen LogP contribution < -0.4 is 5.32 Å². The van der Waals surface area contributed by atoms with Gasteiger partial charge in [0.2, 0.25) is 0 Å². The minimum absolute atomic E-state index is 0.157. The fraction of sp³-hybridized carbons (Fsp3) is 0.647. The number of rotatable bonds is 6. The first-order chi connectivity index (χ1) is 8.74. The van der Waals surface area contributed by atoms with Crippen LogP contribution in [0.4, 0.5) is 0 Å². The molecule has 0 aromatic heterocycles. The van der Waals surface area contributed by atoms with Gasteiger partial charge in [0.25, 0.3) is 0 Å². The summed E-state index contributed by atoms with van der Waals surface area (Å²) in [6.07, 6.45) is 3.45. The van der Waals surface area contributed by atoms with Crippen LogP contribution in [0.2, 0.25) is 0 Å². The summed E-state index contributed by atoms with van der Waals surface area (Å²) in [5, 5.41) is 13.0. The number of phenols is 1. The molecule has 2 heteroatoms. The van der Waals surface area contributed by atoms with Gasteiger partial charge in [0.15, 0.2) is 0 Å². The number of hydrogen-bond donors (Lipinski definition) is 2. The van der Waals surface area contributed by atoms with Crippen LogP contribution in [0.15, 0.2) is 24.3 Å². The van der Waals surface area contributed by atoms with Crippen LogP contribution in [0.1, 0.15) is 53.0 Å². The van der Waals surface area contributed by atoms with Gasteiger partial charge in [-0.3, -0.25) is 0 Å². The van der Waals surface area contributed by atoms with E-state index in [1.807, 2.05) is 12.1 Å². The van der Waals surface area contributed by atoms with E-state index in [-0.39, 0.29) is 11.0 Å². The van der Waals surface area contributed by atoms with Crippen LogP contribution in [0.5, 0.6) is 5.75 Å². The van der Waals surface area contributed by atoms with Crippen LogP contribution in [0, 0.1) is 5.41 Å². The SMILES string of the molecule is CCCC(C)(CNC(C)(C)C)Cc1ccc(O)cc1. The lowest BCUT2D eigenvalue weighted by Gasteiger charge is -2.34. The number of aromatic hydroxyl groups is 1. The molecule has 1 aromatic rings. The fourth-order valence-corrected chi connectivity index (χ4v) is 2.43. The zero-order chi connectivity index (χ0) is 14.5. The molecule has 1 atom stereocenters. The molecule has 0 aliphatic heterocycles. The van der Waals surface area contributed by atoms with Gasteiger partial charge in [-0.25, -0.2) is 0 Å². The molecule has 0 heterocycles. The summed E-state index contributed by atoms with van der Waals surface area (Å²) < 4.78 is 0. The average molecular weight is 263 g/mol. The highest BCUT2D eigenvalue weighted by Gasteiger charge is 2.25. The van der Waals surface area contributed by atoms with Gasteiger partial charge in [-0.2, -0.15) is 0 Å². The Morgan fingerprint density at radius 3 is 2.11 bits per heavy atom. The third-order valence-corrected chi connectivity index (χ3v) is 3.47. The van der Waals surface area contributed by atoms with E-state index < -0.39 is 0 Å². The Labute approximate surface area is 118 Å². The fourth-order valence-electron chi connectivity index (χ4n) is 2.43. The molecule has 1 rings (SSSR count). The molecule has 0 saturated heterocycles. The molecule has 2 nitrogen and oxygen atoms in total. The van der Waals surface area contributed by atoms with Crippen molar-refractivity contribution in [1.29, 1.82) is 0 Å². The minimum atomic E-state index is 0.157. The van der Waals surface area contributed by atoms with Crippen LogP contribution in [0.25, 0.3) is 0 Å². The summed E-state index contributed by atoms with van der Waals surface area (Å²) in [5.74, 6) is 0.341. The lowest BCUT2D eigenvalue weighted by Crippen LogP contribution is -2.43. The van der Waals surface area contributed by atoms with Crippen molar-refractivity contribution >= 4 is 0 Å². The van der Waals surface area contributed by atoms with Crippen molar-refractivity contribution in [1.82, 2.24) is 5.32 Å². The van der Waals surface area contributed by atoms with Gasteiger partial charge < -0.3 is 10.4 Å². The summed E-state index contributed by atoms with van der Waals surface area (Å²) in [4.78, 5) is 0. The van der Waals surface area contributed by atoms with E-state index in [4.69, 9.17) is 0 Å². The molecular weight excluding hydrogens is 234 g/mol. The van der Waals surface area contributed by atoms with Crippen LogP contribution in [-0.2, 0) is 6.42 Å². The van der Waals surface area contributed by atoms with Gasteiger partial charge in [-0.05, 0) is 56.7 Å². The molecular formula is C17H29NO. The van der Waals surface area contributed by atoms with Crippen molar-refractivity contribution in [3.05, 3.63) is 29.8 Å². The molecule has 108 valence electrons. The van der Waals surface area contributed by atoms with E-state index in [9.17, 15) is 5.11 Å². The standard InChI is InChI=1S/C17H29NO/c1-6-11-17(5,13-18-16(2,3)4)12-14-7-9-15(19)10-8-14/h7-10,18-19H,6,11-13H2,1-5H3. The second kappa shape index (κ2) is 6.42. The third kappa shape index (κ3) is 6.11. The van der Waals surface area contributed by atoms with Gasteiger partial charge in [-0.15, -0.1) is 0 Å². The zero-order valence-corrected chi connectivity index (χ0v) is 13.1. The molecule has 0 spiro atoms. The maximum Gasteiger partial charge on any atom is 0.115 e. The third-order valence-electron chi connectivity index (χ3n) is 3.47. The Hall–Kier alpha value is -1.02. The highest BCUT2D eigenvalue weighted by molar-refractivity contribution is 5.26. The quantitative estimate of drug-likeness (QED) is 0.809. The minimum Gasteiger partial charge on any atom is -0.508 e. The van der Waals surface area contributed by atoms with E-state index in [2.05, 4.69) is 39.9 Å². The predicted octanol–water partition coefficient (Wildman–Crippen LogP) is 4.13. The highest BCUT2D eigenvalue weighted by Crippen LogP contribution is 2.29. The number of hydrogen-bond acceptors (Lipinski definition) is 2. The molecule has 19 heavy (non-hydrogen) atoms. The van der Waals surface area contributed by atoms with Crippen molar-refractivity contribution in [2.75, 3.05) is 6.54 Å². The smallest absolute Gasteiger partial charge is 0.115 e. The van der Waals surface area contributed by atoms with Crippen molar-refractivity contribution in [3.8, 4) is 5.75 Å². The highest BCUT2D eigenvalue weighted by atomic mass is 16.3. The normalized spacial score (nSPS) is 15.2. The van der Waals surface area contributed by atoms with E-state index in [0.717, 1.165) is 13.0 Å². The Balaban J connectivity index is 2.72. The lowest BCUT2D eigenvalue weighted by atomic mass is 9.79. The van der Waals surface area contributed by atoms with Gasteiger partial charge in [-0.1, -0.05) is 32.4 Å². The first-order valence-electron chi connectivity index (χ1n) is 7.27. The molecule has 2 N–H and O–H groups in total. The maximum absolute atomic E-state index is 9.36. The second-order valence-electron chi connectivity index (χ2n) is 7.01. The topological polar surface area (TPSA) is 32.3 Å². The van der Waals surface area contributed by atoms with E-state index in [1.54, 1.807) is 12.1 Å². The summed E-state index contributed by atoms with van der Waals surface area (Å²) in [6, 6.07) is 7.61. The molecule has 0 aliphatic carbocycles. The van der Waals surface area contributed by atoms with Crippen molar-refractivity contribution in [2.24, 2.45) is 5.41 Å². The van der Waals surface area contributed by atoms with Gasteiger partial charge >= 0.3 is 0 Å². The Kier molecular flexibility index (Phi) is 5.42. The monoisotopic (exact) mass is 263 g/mol. The lowest BCUT2D eigenvalue weighted by molar-refractivity contribution is 0.243. The molecule has 0 fully saturated rings. The van der Waals surface area contributed by atoms with E-state index in [0.29, 0.717) is 5.75 Å². The van der Waals surface area contributed by atoms with Crippen LogP contribution in [-0.4, -0.2) is 17.2 Å². The van der Waals surface area contributed by atoms with E-state index >= 15 is 0 Å².